The number of hydrogen-bond donors (Lipinski definition) is 0. The molecular formula is C17H26N2. The van der Waals surface area contributed by atoms with Crippen molar-refractivity contribution < 1.29 is 0 Å². The zero-order valence-corrected chi connectivity index (χ0v) is 12.1. The van der Waals surface area contributed by atoms with Gasteiger partial charge in [0.25, 0.3) is 0 Å². The fraction of sp³-hybridized carbons (Fsp3) is 0.647. The molecule has 0 N–H and O–H groups in total. The Balaban J connectivity index is 1.51. The van der Waals surface area contributed by atoms with Gasteiger partial charge in [-0.25, -0.2) is 0 Å². The first-order chi connectivity index (χ1) is 9.33. The van der Waals surface area contributed by atoms with E-state index in [0.29, 0.717) is 0 Å². The van der Waals surface area contributed by atoms with Crippen LogP contribution in [0.15, 0.2) is 24.3 Å². The molecule has 1 saturated carbocycles. The van der Waals surface area contributed by atoms with Gasteiger partial charge in [-0.3, -0.25) is 9.80 Å². The molecule has 104 valence electrons. The second kappa shape index (κ2) is 6.06. The van der Waals surface area contributed by atoms with Crippen molar-refractivity contribution in [2.45, 2.75) is 45.2 Å². The van der Waals surface area contributed by atoms with E-state index in [0.717, 1.165) is 12.6 Å². The molecule has 1 aliphatic heterocycles. The van der Waals surface area contributed by atoms with Gasteiger partial charge < -0.3 is 0 Å². The van der Waals surface area contributed by atoms with Crippen LogP contribution in [0.4, 0.5) is 0 Å². The van der Waals surface area contributed by atoms with Gasteiger partial charge in [0.05, 0.1) is 0 Å². The average molecular weight is 258 g/mol. The zero-order valence-electron chi connectivity index (χ0n) is 12.1. The Labute approximate surface area is 117 Å². The lowest BCUT2D eigenvalue weighted by Gasteiger charge is -2.38. The molecule has 19 heavy (non-hydrogen) atoms. The molecule has 0 spiro atoms. The van der Waals surface area contributed by atoms with E-state index in [1.165, 1.54) is 63.0 Å². The van der Waals surface area contributed by atoms with E-state index in [4.69, 9.17) is 0 Å². The molecule has 1 heterocycles. The number of benzene rings is 1. The summed E-state index contributed by atoms with van der Waals surface area (Å²) in [5.74, 6) is 0. The van der Waals surface area contributed by atoms with Crippen molar-refractivity contribution in [3.63, 3.8) is 0 Å². The zero-order chi connectivity index (χ0) is 13.1. The molecule has 2 nitrogen and oxygen atoms in total. The average Bonchev–Trinajstić information content (AvgIpc) is 2.96. The van der Waals surface area contributed by atoms with Crippen LogP contribution in [0.25, 0.3) is 0 Å². The predicted molar refractivity (Wildman–Crippen MR) is 80.3 cm³/mol. The standard InChI is InChI=1S/C17H26N2/c1-15-6-2-3-7-16(15)14-18-10-12-19(13-11-18)17-8-4-5-9-17/h2-3,6-7,17H,4-5,8-14H2,1H3. The lowest BCUT2D eigenvalue weighted by Crippen LogP contribution is -2.49. The summed E-state index contributed by atoms with van der Waals surface area (Å²) in [7, 11) is 0. The van der Waals surface area contributed by atoms with Crippen LogP contribution in [-0.2, 0) is 6.54 Å². The van der Waals surface area contributed by atoms with Crippen molar-refractivity contribution >= 4 is 0 Å². The first-order valence-electron chi connectivity index (χ1n) is 7.84. The molecule has 1 aliphatic carbocycles. The minimum atomic E-state index is 0.903. The van der Waals surface area contributed by atoms with Crippen molar-refractivity contribution in [1.29, 1.82) is 0 Å². The topological polar surface area (TPSA) is 6.48 Å². The van der Waals surface area contributed by atoms with Gasteiger partial charge in [-0.15, -0.1) is 0 Å². The summed E-state index contributed by atoms with van der Waals surface area (Å²) in [5.41, 5.74) is 2.93. The van der Waals surface area contributed by atoms with Crippen molar-refractivity contribution in [2.24, 2.45) is 0 Å². The summed E-state index contributed by atoms with van der Waals surface area (Å²) in [6.45, 7) is 8.39. The first-order valence-corrected chi connectivity index (χ1v) is 7.84. The Morgan fingerprint density at radius 2 is 1.68 bits per heavy atom. The van der Waals surface area contributed by atoms with Crippen LogP contribution >= 0.6 is 0 Å². The molecule has 2 heteroatoms. The molecule has 0 atom stereocenters. The van der Waals surface area contributed by atoms with E-state index in [2.05, 4.69) is 41.0 Å². The Morgan fingerprint density at radius 1 is 1.00 bits per heavy atom. The Kier molecular flexibility index (Phi) is 4.19. The van der Waals surface area contributed by atoms with Crippen molar-refractivity contribution in [2.75, 3.05) is 26.2 Å². The molecule has 1 aromatic carbocycles. The number of hydrogen-bond acceptors (Lipinski definition) is 2. The summed E-state index contributed by atoms with van der Waals surface area (Å²) in [6, 6.07) is 9.71. The maximum Gasteiger partial charge on any atom is 0.0237 e. The van der Waals surface area contributed by atoms with Crippen molar-refractivity contribution in [1.82, 2.24) is 9.80 Å². The lowest BCUT2D eigenvalue weighted by atomic mass is 10.1. The lowest BCUT2D eigenvalue weighted by molar-refractivity contribution is 0.0936. The Morgan fingerprint density at radius 3 is 2.37 bits per heavy atom. The second-order valence-corrected chi connectivity index (χ2v) is 6.18. The molecule has 0 unspecified atom stereocenters. The number of rotatable bonds is 3. The highest BCUT2D eigenvalue weighted by Gasteiger charge is 2.25. The minimum Gasteiger partial charge on any atom is -0.298 e. The molecule has 2 fully saturated rings. The summed E-state index contributed by atoms with van der Waals surface area (Å²) < 4.78 is 0. The van der Waals surface area contributed by atoms with Gasteiger partial charge in [0.1, 0.15) is 0 Å². The largest absolute Gasteiger partial charge is 0.298 e. The molecule has 2 aliphatic rings. The van der Waals surface area contributed by atoms with Crippen LogP contribution in [0, 0.1) is 6.92 Å². The van der Waals surface area contributed by atoms with Crippen molar-refractivity contribution in [3.05, 3.63) is 35.4 Å². The van der Waals surface area contributed by atoms with Gasteiger partial charge in [-0.2, -0.15) is 0 Å². The Hall–Kier alpha value is -0.860. The summed E-state index contributed by atoms with van der Waals surface area (Å²) in [6.07, 6.45) is 5.79. The Bertz CT molecular complexity index is 401. The fourth-order valence-electron chi connectivity index (χ4n) is 3.58. The van der Waals surface area contributed by atoms with Crippen LogP contribution < -0.4 is 0 Å². The molecule has 0 radical (unpaired) electrons. The van der Waals surface area contributed by atoms with E-state index < -0.39 is 0 Å². The molecule has 0 aromatic heterocycles. The van der Waals surface area contributed by atoms with E-state index >= 15 is 0 Å². The predicted octanol–water partition coefficient (Wildman–Crippen LogP) is 3.06. The molecule has 0 amide bonds. The van der Waals surface area contributed by atoms with Crippen LogP contribution in [0.3, 0.4) is 0 Å². The van der Waals surface area contributed by atoms with Crippen LogP contribution in [-0.4, -0.2) is 42.0 Å². The van der Waals surface area contributed by atoms with Crippen LogP contribution in [0.1, 0.15) is 36.8 Å². The maximum absolute atomic E-state index is 2.74. The molecule has 1 saturated heterocycles. The van der Waals surface area contributed by atoms with E-state index in [9.17, 15) is 0 Å². The van der Waals surface area contributed by atoms with E-state index in [-0.39, 0.29) is 0 Å². The van der Waals surface area contributed by atoms with Gasteiger partial charge in [-0.1, -0.05) is 37.1 Å². The molecule has 3 rings (SSSR count). The highest BCUT2D eigenvalue weighted by molar-refractivity contribution is 5.25. The number of piperazine rings is 1. The summed E-state index contributed by atoms with van der Waals surface area (Å²) in [4.78, 5) is 5.36. The summed E-state index contributed by atoms with van der Waals surface area (Å²) in [5, 5.41) is 0. The van der Waals surface area contributed by atoms with Crippen molar-refractivity contribution in [3.8, 4) is 0 Å². The van der Waals surface area contributed by atoms with Crippen LogP contribution in [0.5, 0.6) is 0 Å². The third-order valence-electron chi connectivity index (χ3n) is 4.90. The van der Waals surface area contributed by atoms with Gasteiger partial charge in [0.2, 0.25) is 0 Å². The maximum atomic E-state index is 2.74. The van der Waals surface area contributed by atoms with E-state index in [1.54, 1.807) is 0 Å². The molecule has 1 aromatic rings. The fourth-order valence-corrected chi connectivity index (χ4v) is 3.58. The monoisotopic (exact) mass is 258 g/mol. The second-order valence-electron chi connectivity index (χ2n) is 6.18. The third-order valence-corrected chi connectivity index (χ3v) is 4.90. The molecule has 0 bridgehead atoms. The third kappa shape index (κ3) is 3.18. The van der Waals surface area contributed by atoms with Gasteiger partial charge >= 0.3 is 0 Å². The molecular weight excluding hydrogens is 232 g/mol. The normalized spacial score (nSPS) is 23.0. The SMILES string of the molecule is Cc1ccccc1CN1CCN(C2CCCC2)CC1. The quantitative estimate of drug-likeness (QED) is 0.822. The number of aryl methyl sites for hydroxylation is 1. The van der Waals surface area contributed by atoms with Gasteiger partial charge in [0.15, 0.2) is 0 Å². The van der Waals surface area contributed by atoms with E-state index in [1.807, 2.05) is 0 Å². The highest BCUT2D eigenvalue weighted by atomic mass is 15.3. The van der Waals surface area contributed by atoms with Gasteiger partial charge in [-0.05, 0) is 30.9 Å². The first kappa shape index (κ1) is 13.1. The summed E-state index contributed by atoms with van der Waals surface area (Å²) >= 11 is 0. The highest BCUT2D eigenvalue weighted by Crippen LogP contribution is 2.24. The van der Waals surface area contributed by atoms with Gasteiger partial charge in [0, 0.05) is 38.8 Å². The number of nitrogens with zero attached hydrogens (tertiary/aromatic N) is 2. The van der Waals surface area contributed by atoms with Crippen LogP contribution in [0.2, 0.25) is 0 Å². The minimum absolute atomic E-state index is 0.903. The smallest absolute Gasteiger partial charge is 0.0237 e.